The lowest BCUT2D eigenvalue weighted by atomic mass is 9.87. The molecule has 1 amide bonds. The standard InChI is InChI=1S/C13H18N2O2/c1-13(2,3)10-4-5-11(14-6-10)9-7-15(8-9)12(16)17/h4-6,9H,7-8H2,1-3H3,(H,16,17). The molecule has 4 nitrogen and oxygen atoms in total. The van der Waals surface area contributed by atoms with Crippen LogP contribution in [0.15, 0.2) is 18.3 Å². The second-order valence-electron chi connectivity index (χ2n) is 5.61. The smallest absolute Gasteiger partial charge is 0.407 e. The maximum Gasteiger partial charge on any atom is 0.407 e. The lowest BCUT2D eigenvalue weighted by Crippen LogP contribution is -2.48. The van der Waals surface area contributed by atoms with Crippen molar-refractivity contribution in [2.75, 3.05) is 13.1 Å². The van der Waals surface area contributed by atoms with Crippen molar-refractivity contribution in [2.45, 2.75) is 32.1 Å². The summed E-state index contributed by atoms with van der Waals surface area (Å²) >= 11 is 0. The molecule has 17 heavy (non-hydrogen) atoms. The van der Waals surface area contributed by atoms with Gasteiger partial charge in [0.2, 0.25) is 0 Å². The SMILES string of the molecule is CC(C)(C)c1ccc(C2CN(C(=O)O)C2)nc1. The van der Waals surface area contributed by atoms with Gasteiger partial charge in [0.25, 0.3) is 0 Å². The molecule has 0 unspecified atom stereocenters. The number of amides is 1. The Labute approximate surface area is 101 Å². The van der Waals surface area contributed by atoms with Gasteiger partial charge >= 0.3 is 6.09 Å². The summed E-state index contributed by atoms with van der Waals surface area (Å²) in [5, 5.41) is 8.75. The molecule has 1 saturated heterocycles. The van der Waals surface area contributed by atoms with Gasteiger partial charge in [-0.05, 0) is 17.0 Å². The van der Waals surface area contributed by atoms with Crippen LogP contribution in [0.5, 0.6) is 0 Å². The van der Waals surface area contributed by atoms with Gasteiger partial charge in [0.15, 0.2) is 0 Å². The van der Waals surface area contributed by atoms with E-state index in [2.05, 4.69) is 31.8 Å². The zero-order chi connectivity index (χ0) is 12.6. The Morgan fingerprint density at radius 2 is 2.06 bits per heavy atom. The Bertz CT molecular complexity index is 414. The largest absolute Gasteiger partial charge is 0.465 e. The predicted molar refractivity (Wildman–Crippen MR) is 65.3 cm³/mol. The van der Waals surface area contributed by atoms with Crippen molar-refractivity contribution in [2.24, 2.45) is 0 Å². The van der Waals surface area contributed by atoms with Crippen molar-refractivity contribution in [1.82, 2.24) is 9.88 Å². The minimum Gasteiger partial charge on any atom is -0.465 e. The maximum absolute atomic E-state index is 10.6. The maximum atomic E-state index is 10.6. The van der Waals surface area contributed by atoms with Crippen LogP contribution >= 0.6 is 0 Å². The van der Waals surface area contributed by atoms with Crippen LogP contribution in [0.2, 0.25) is 0 Å². The van der Waals surface area contributed by atoms with Crippen molar-refractivity contribution in [3.05, 3.63) is 29.6 Å². The Hall–Kier alpha value is -1.58. The number of hydrogen-bond donors (Lipinski definition) is 1. The zero-order valence-electron chi connectivity index (χ0n) is 10.5. The molecule has 1 aliphatic heterocycles. The van der Waals surface area contributed by atoms with Gasteiger partial charge in [-0.2, -0.15) is 0 Å². The highest BCUT2D eigenvalue weighted by Gasteiger charge is 2.32. The molecular formula is C13H18N2O2. The second-order valence-corrected chi connectivity index (χ2v) is 5.61. The van der Waals surface area contributed by atoms with Crippen molar-refractivity contribution in [1.29, 1.82) is 0 Å². The summed E-state index contributed by atoms with van der Waals surface area (Å²) in [5.74, 6) is 0.264. The van der Waals surface area contributed by atoms with E-state index in [1.807, 2.05) is 12.3 Å². The summed E-state index contributed by atoms with van der Waals surface area (Å²) in [6, 6.07) is 4.11. The molecule has 0 bridgehead atoms. The van der Waals surface area contributed by atoms with Crippen LogP contribution in [0.4, 0.5) is 4.79 Å². The molecular weight excluding hydrogens is 216 g/mol. The number of carbonyl (C=O) groups is 1. The molecule has 0 atom stereocenters. The van der Waals surface area contributed by atoms with Crippen molar-refractivity contribution < 1.29 is 9.90 Å². The molecule has 1 fully saturated rings. The Kier molecular flexibility index (Phi) is 2.81. The van der Waals surface area contributed by atoms with E-state index in [1.165, 1.54) is 10.5 Å². The van der Waals surface area contributed by atoms with E-state index in [0.29, 0.717) is 13.1 Å². The third-order valence-corrected chi connectivity index (χ3v) is 3.22. The van der Waals surface area contributed by atoms with Gasteiger partial charge < -0.3 is 10.0 Å². The number of likely N-dealkylation sites (tertiary alicyclic amines) is 1. The minimum atomic E-state index is -0.840. The van der Waals surface area contributed by atoms with Crippen LogP contribution in [0.25, 0.3) is 0 Å². The summed E-state index contributed by atoms with van der Waals surface area (Å²) in [6.45, 7) is 7.59. The first-order chi connectivity index (χ1) is 7.88. The van der Waals surface area contributed by atoms with Gasteiger partial charge in [0.1, 0.15) is 0 Å². The average molecular weight is 234 g/mol. The summed E-state index contributed by atoms with van der Waals surface area (Å²) in [5.41, 5.74) is 2.31. The highest BCUT2D eigenvalue weighted by Crippen LogP contribution is 2.27. The lowest BCUT2D eigenvalue weighted by molar-refractivity contribution is 0.104. The fourth-order valence-corrected chi connectivity index (χ4v) is 1.91. The van der Waals surface area contributed by atoms with Crippen LogP contribution in [0.1, 0.15) is 37.9 Å². The first kappa shape index (κ1) is 11.9. The predicted octanol–water partition coefficient (Wildman–Crippen LogP) is 2.46. The molecule has 0 saturated carbocycles. The zero-order valence-corrected chi connectivity index (χ0v) is 10.5. The molecule has 1 N–H and O–H groups in total. The molecule has 0 aromatic carbocycles. The molecule has 1 aromatic heterocycles. The van der Waals surface area contributed by atoms with E-state index in [0.717, 1.165) is 5.69 Å². The topological polar surface area (TPSA) is 53.4 Å². The van der Waals surface area contributed by atoms with E-state index in [-0.39, 0.29) is 11.3 Å². The van der Waals surface area contributed by atoms with Gasteiger partial charge in [-0.1, -0.05) is 26.8 Å². The first-order valence-electron chi connectivity index (χ1n) is 5.82. The van der Waals surface area contributed by atoms with Crippen molar-refractivity contribution >= 4 is 6.09 Å². The van der Waals surface area contributed by atoms with Crippen LogP contribution in [0, 0.1) is 0 Å². The van der Waals surface area contributed by atoms with Crippen molar-refractivity contribution in [3.63, 3.8) is 0 Å². The lowest BCUT2D eigenvalue weighted by Gasteiger charge is -2.36. The van der Waals surface area contributed by atoms with Crippen molar-refractivity contribution in [3.8, 4) is 0 Å². The molecule has 4 heteroatoms. The quantitative estimate of drug-likeness (QED) is 0.812. The van der Waals surface area contributed by atoms with Crippen LogP contribution in [-0.2, 0) is 5.41 Å². The first-order valence-corrected chi connectivity index (χ1v) is 5.82. The fourth-order valence-electron chi connectivity index (χ4n) is 1.91. The fraction of sp³-hybridized carbons (Fsp3) is 0.538. The van der Waals surface area contributed by atoms with E-state index in [1.54, 1.807) is 0 Å². The molecule has 2 heterocycles. The highest BCUT2D eigenvalue weighted by molar-refractivity contribution is 5.66. The number of hydrogen-bond acceptors (Lipinski definition) is 2. The normalized spacial score (nSPS) is 16.8. The number of pyridine rings is 1. The van der Waals surface area contributed by atoms with Gasteiger partial charge in [-0.15, -0.1) is 0 Å². The van der Waals surface area contributed by atoms with E-state index in [9.17, 15) is 4.79 Å². The molecule has 0 aliphatic carbocycles. The number of rotatable bonds is 1. The van der Waals surface area contributed by atoms with Crippen LogP contribution in [0.3, 0.4) is 0 Å². The minimum absolute atomic E-state index is 0.109. The molecule has 92 valence electrons. The number of aromatic nitrogens is 1. The monoisotopic (exact) mass is 234 g/mol. The Morgan fingerprint density at radius 1 is 1.41 bits per heavy atom. The Balaban J connectivity index is 2.03. The molecule has 0 spiro atoms. The van der Waals surface area contributed by atoms with Gasteiger partial charge in [0.05, 0.1) is 0 Å². The molecule has 2 rings (SSSR count). The van der Waals surface area contributed by atoms with Crippen LogP contribution < -0.4 is 0 Å². The van der Waals surface area contributed by atoms with Gasteiger partial charge in [0, 0.05) is 30.9 Å². The Morgan fingerprint density at radius 3 is 2.47 bits per heavy atom. The van der Waals surface area contributed by atoms with Gasteiger partial charge in [-0.3, -0.25) is 4.98 Å². The van der Waals surface area contributed by atoms with E-state index < -0.39 is 6.09 Å². The summed E-state index contributed by atoms with van der Waals surface area (Å²) in [4.78, 5) is 16.5. The summed E-state index contributed by atoms with van der Waals surface area (Å²) < 4.78 is 0. The number of carboxylic acid groups (broad SMARTS) is 1. The second kappa shape index (κ2) is 4.02. The molecule has 1 aromatic rings. The highest BCUT2D eigenvalue weighted by atomic mass is 16.4. The third kappa shape index (κ3) is 2.40. The van der Waals surface area contributed by atoms with Crippen LogP contribution in [-0.4, -0.2) is 34.2 Å². The van der Waals surface area contributed by atoms with E-state index >= 15 is 0 Å². The number of nitrogens with zero attached hydrogens (tertiary/aromatic N) is 2. The average Bonchev–Trinajstić information content (AvgIpc) is 2.14. The molecule has 0 radical (unpaired) electrons. The third-order valence-electron chi connectivity index (χ3n) is 3.22. The summed E-state index contributed by atoms with van der Waals surface area (Å²) in [7, 11) is 0. The van der Waals surface area contributed by atoms with E-state index in [4.69, 9.17) is 5.11 Å². The van der Waals surface area contributed by atoms with Gasteiger partial charge in [-0.25, -0.2) is 4.79 Å². The molecule has 1 aliphatic rings. The summed E-state index contributed by atoms with van der Waals surface area (Å²) in [6.07, 6.45) is 1.06.